The monoisotopic (exact) mass is 147 g/mol. The van der Waals surface area contributed by atoms with Gasteiger partial charge in [-0.15, -0.1) is 0 Å². The van der Waals surface area contributed by atoms with E-state index in [1.807, 2.05) is 0 Å². The predicted molar refractivity (Wildman–Crippen MR) is 40.7 cm³/mol. The van der Waals surface area contributed by atoms with Crippen LogP contribution in [0.3, 0.4) is 0 Å². The Morgan fingerprint density at radius 3 is 2.89 bits per heavy atom. The third-order valence-corrected chi connectivity index (χ3v) is 2.25. The largest absolute Gasteiger partial charge is 0.395 e. The van der Waals surface area contributed by atoms with Gasteiger partial charge >= 0.3 is 0 Å². The fourth-order valence-corrected chi connectivity index (χ4v) is 1.66. The molecule has 1 unspecified atom stereocenters. The third-order valence-electron chi connectivity index (χ3n) is 1.89. The van der Waals surface area contributed by atoms with E-state index < -0.39 is 0 Å². The van der Waals surface area contributed by atoms with Crippen molar-refractivity contribution in [3.8, 4) is 0 Å². The van der Waals surface area contributed by atoms with Gasteiger partial charge in [0.1, 0.15) is 0 Å². The van der Waals surface area contributed by atoms with Gasteiger partial charge in [0.05, 0.1) is 6.61 Å². The lowest BCUT2D eigenvalue weighted by molar-refractivity contribution is 0.177. The summed E-state index contributed by atoms with van der Waals surface area (Å²) in [5, 5.41) is 8.79. The number of likely N-dealkylation sites (tertiary alicyclic amines) is 1. The highest BCUT2D eigenvalue weighted by Gasteiger charge is 2.21. The van der Waals surface area contributed by atoms with Crippen LogP contribution in [-0.2, 0) is 0 Å². The van der Waals surface area contributed by atoms with Gasteiger partial charge in [-0.05, 0) is 19.4 Å². The number of aliphatic hydroxyl groups is 1. The fraction of sp³-hybridized carbons (Fsp3) is 1.00. The number of hydrogen-bond acceptors (Lipinski definition) is 3. The van der Waals surface area contributed by atoms with Crippen molar-refractivity contribution in [2.45, 2.75) is 18.9 Å². The van der Waals surface area contributed by atoms with Crippen molar-refractivity contribution < 1.29 is 5.11 Å². The van der Waals surface area contributed by atoms with Gasteiger partial charge in [0.15, 0.2) is 0 Å². The molecule has 0 bridgehead atoms. The van der Waals surface area contributed by atoms with Crippen molar-refractivity contribution in [3.63, 3.8) is 0 Å². The Bertz CT molecular complexity index is 79.1. The van der Waals surface area contributed by atoms with Crippen LogP contribution in [0.4, 0.5) is 0 Å². The highest BCUT2D eigenvalue weighted by Crippen LogP contribution is 2.15. The molecule has 2 nitrogen and oxygen atoms in total. The summed E-state index contributed by atoms with van der Waals surface area (Å²) in [7, 11) is 0. The van der Waals surface area contributed by atoms with Gasteiger partial charge in [0.25, 0.3) is 0 Å². The van der Waals surface area contributed by atoms with Gasteiger partial charge in [-0.1, -0.05) is 0 Å². The maximum Gasteiger partial charge on any atom is 0.0587 e. The summed E-state index contributed by atoms with van der Waals surface area (Å²) in [6, 6.07) is 0.391. The Kier molecular flexibility index (Phi) is 2.82. The maximum absolute atomic E-state index is 8.79. The van der Waals surface area contributed by atoms with E-state index >= 15 is 0 Å². The van der Waals surface area contributed by atoms with Gasteiger partial charge in [0, 0.05) is 11.9 Å². The minimum Gasteiger partial charge on any atom is -0.395 e. The van der Waals surface area contributed by atoms with Crippen LogP contribution in [-0.4, -0.2) is 35.1 Å². The minimum absolute atomic E-state index is 0.292. The number of rotatable bonds is 2. The zero-order valence-electron chi connectivity index (χ0n) is 5.45. The SMILES string of the molecule is OCC1CCCN1CS. The molecule has 0 aromatic heterocycles. The van der Waals surface area contributed by atoms with E-state index in [1.54, 1.807) is 0 Å². The molecule has 1 atom stereocenters. The molecular weight excluding hydrogens is 134 g/mol. The standard InChI is InChI=1S/C6H13NOS/c8-4-6-2-1-3-7(6)5-9/h6,8-9H,1-5H2. The summed E-state index contributed by atoms with van der Waals surface area (Å²) < 4.78 is 0. The van der Waals surface area contributed by atoms with Crippen molar-refractivity contribution in [2.75, 3.05) is 19.0 Å². The first kappa shape index (κ1) is 7.38. The van der Waals surface area contributed by atoms with E-state index in [-0.39, 0.29) is 0 Å². The number of nitrogens with zero attached hydrogens (tertiary/aromatic N) is 1. The fourth-order valence-electron chi connectivity index (χ4n) is 1.29. The first-order valence-corrected chi connectivity index (χ1v) is 3.97. The van der Waals surface area contributed by atoms with Gasteiger partial charge in [-0.3, -0.25) is 4.90 Å². The second kappa shape index (κ2) is 3.44. The van der Waals surface area contributed by atoms with Crippen molar-refractivity contribution in [3.05, 3.63) is 0 Å². The molecule has 0 aromatic rings. The lowest BCUT2D eigenvalue weighted by Gasteiger charge is -2.19. The first-order valence-electron chi connectivity index (χ1n) is 3.34. The highest BCUT2D eigenvalue weighted by molar-refractivity contribution is 7.80. The average molecular weight is 147 g/mol. The topological polar surface area (TPSA) is 23.5 Å². The van der Waals surface area contributed by atoms with Crippen LogP contribution < -0.4 is 0 Å². The summed E-state index contributed by atoms with van der Waals surface area (Å²) in [6.45, 7) is 1.40. The summed E-state index contributed by atoms with van der Waals surface area (Å²) in [4.78, 5) is 2.20. The molecule has 0 radical (unpaired) electrons. The zero-order chi connectivity index (χ0) is 6.69. The average Bonchev–Trinajstić information content (AvgIpc) is 2.33. The molecule has 3 heteroatoms. The summed E-state index contributed by atoms with van der Waals surface area (Å²) >= 11 is 4.14. The maximum atomic E-state index is 8.79. The van der Waals surface area contributed by atoms with Crippen LogP contribution in [0.1, 0.15) is 12.8 Å². The predicted octanol–water partition coefficient (Wildman–Crippen LogP) is 0.330. The van der Waals surface area contributed by atoms with Crippen molar-refractivity contribution >= 4 is 12.6 Å². The molecule has 1 aliphatic heterocycles. The van der Waals surface area contributed by atoms with Crippen LogP contribution in [0.5, 0.6) is 0 Å². The van der Waals surface area contributed by atoms with E-state index in [2.05, 4.69) is 17.5 Å². The van der Waals surface area contributed by atoms with E-state index in [0.717, 1.165) is 18.8 Å². The molecule has 0 amide bonds. The molecule has 0 aromatic carbocycles. The number of aliphatic hydroxyl groups excluding tert-OH is 1. The second-order valence-electron chi connectivity index (χ2n) is 2.43. The smallest absolute Gasteiger partial charge is 0.0587 e. The van der Waals surface area contributed by atoms with Gasteiger partial charge in [-0.25, -0.2) is 0 Å². The van der Waals surface area contributed by atoms with E-state index in [0.29, 0.717) is 12.6 Å². The quantitative estimate of drug-likeness (QED) is 0.550. The van der Waals surface area contributed by atoms with Crippen molar-refractivity contribution in [1.82, 2.24) is 4.90 Å². The Morgan fingerprint density at radius 2 is 2.44 bits per heavy atom. The zero-order valence-corrected chi connectivity index (χ0v) is 6.35. The summed E-state index contributed by atoms with van der Waals surface area (Å²) in [6.07, 6.45) is 2.35. The third kappa shape index (κ3) is 1.60. The van der Waals surface area contributed by atoms with Crippen molar-refractivity contribution in [1.29, 1.82) is 0 Å². The van der Waals surface area contributed by atoms with Crippen LogP contribution in [0.2, 0.25) is 0 Å². The first-order chi connectivity index (χ1) is 4.38. The Labute approximate surface area is 61.3 Å². The van der Waals surface area contributed by atoms with Gasteiger partial charge in [0.2, 0.25) is 0 Å². The number of hydrogen-bond donors (Lipinski definition) is 2. The number of thiol groups is 1. The van der Waals surface area contributed by atoms with E-state index in [4.69, 9.17) is 5.11 Å². The molecule has 1 fully saturated rings. The molecule has 1 heterocycles. The van der Waals surface area contributed by atoms with Gasteiger partial charge < -0.3 is 5.11 Å². The molecule has 0 aliphatic carbocycles. The van der Waals surface area contributed by atoms with Crippen LogP contribution in [0.25, 0.3) is 0 Å². The Balaban J connectivity index is 2.32. The normalized spacial score (nSPS) is 29.3. The van der Waals surface area contributed by atoms with Crippen LogP contribution in [0.15, 0.2) is 0 Å². The van der Waals surface area contributed by atoms with E-state index in [9.17, 15) is 0 Å². The van der Waals surface area contributed by atoms with Crippen molar-refractivity contribution in [2.24, 2.45) is 0 Å². The Morgan fingerprint density at radius 1 is 1.67 bits per heavy atom. The lowest BCUT2D eigenvalue weighted by Crippen LogP contribution is -2.30. The molecule has 1 aliphatic rings. The minimum atomic E-state index is 0.292. The van der Waals surface area contributed by atoms with Crippen LogP contribution >= 0.6 is 12.6 Å². The molecule has 1 rings (SSSR count). The highest BCUT2D eigenvalue weighted by atomic mass is 32.1. The molecule has 54 valence electrons. The molecule has 1 saturated heterocycles. The van der Waals surface area contributed by atoms with E-state index in [1.165, 1.54) is 6.42 Å². The van der Waals surface area contributed by atoms with Gasteiger partial charge in [-0.2, -0.15) is 12.6 Å². The molecule has 0 saturated carbocycles. The molecule has 9 heavy (non-hydrogen) atoms. The Hall–Kier alpha value is 0.270. The summed E-state index contributed by atoms with van der Waals surface area (Å²) in [5.74, 6) is 0.783. The molecule has 0 spiro atoms. The van der Waals surface area contributed by atoms with Crippen LogP contribution in [0, 0.1) is 0 Å². The summed E-state index contributed by atoms with van der Waals surface area (Å²) in [5.41, 5.74) is 0. The lowest BCUT2D eigenvalue weighted by atomic mass is 10.2. The second-order valence-corrected chi connectivity index (χ2v) is 2.72. The molecule has 1 N–H and O–H groups in total. The molecular formula is C6H13NOS.